The number of fused-ring (bicyclic) bond motifs is 1. The van der Waals surface area contributed by atoms with Gasteiger partial charge in [-0.1, -0.05) is 39.0 Å². The summed E-state index contributed by atoms with van der Waals surface area (Å²) in [6.45, 7) is 5.94. The minimum absolute atomic E-state index is 0.0177. The van der Waals surface area contributed by atoms with Crippen LogP contribution in [-0.4, -0.2) is 47.3 Å². The Morgan fingerprint density at radius 1 is 1.21 bits per heavy atom. The van der Waals surface area contributed by atoms with Gasteiger partial charge in [0.1, 0.15) is 0 Å². The summed E-state index contributed by atoms with van der Waals surface area (Å²) in [7, 11) is -0.849. The number of benzene rings is 1. The molecule has 182 valence electrons. The van der Waals surface area contributed by atoms with Crippen molar-refractivity contribution in [2.45, 2.75) is 51.1 Å². The number of hydrogen-bond donors (Lipinski definition) is 2. The number of rotatable bonds is 8. The summed E-state index contributed by atoms with van der Waals surface area (Å²) in [6, 6.07) is 7.93. The van der Waals surface area contributed by atoms with E-state index < -0.39 is 27.2 Å². The molecular weight excluding hydrogens is 458 g/mol. The Labute approximate surface area is 197 Å². The van der Waals surface area contributed by atoms with Gasteiger partial charge in [-0.15, -0.1) is 0 Å². The van der Waals surface area contributed by atoms with Gasteiger partial charge < -0.3 is 5.32 Å². The number of carbonyl (C=O) groups is 1. The molecule has 0 aliphatic rings. The van der Waals surface area contributed by atoms with E-state index in [4.69, 9.17) is 0 Å². The molecule has 2 N–H and O–H groups in total. The Morgan fingerprint density at radius 2 is 1.88 bits per heavy atom. The highest BCUT2D eigenvalue weighted by atomic mass is 32.2. The summed E-state index contributed by atoms with van der Waals surface area (Å²) in [5.74, 6) is -0.634. The first-order valence-corrected chi connectivity index (χ1v) is 12.4. The molecule has 0 fully saturated rings. The van der Waals surface area contributed by atoms with Gasteiger partial charge in [-0.05, 0) is 30.0 Å². The molecule has 10 nitrogen and oxygen atoms in total. The molecule has 0 spiro atoms. The van der Waals surface area contributed by atoms with E-state index in [0.717, 1.165) is 4.31 Å². The van der Waals surface area contributed by atoms with Crippen molar-refractivity contribution in [1.29, 1.82) is 0 Å². The molecule has 0 bridgehead atoms. The average Bonchev–Trinajstić information content (AvgIpc) is 2.79. The normalized spacial score (nSPS) is 12.0. The van der Waals surface area contributed by atoms with Crippen molar-refractivity contribution >= 4 is 27.0 Å². The second-order valence-corrected chi connectivity index (χ2v) is 10.6. The zero-order valence-electron chi connectivity index (χ0n) is 19.9. The van der Waals surface area contributed by atoms with Crippen LogP contribution in [0.3, 0.4) is 0 Å². The van der Waals surface area contributed by atoms with E-state index in [1.807, 2.05) is 20.8 Å². The maximum absolute atomic E-state index is 13.3. The van der Waals surface area contributed by atoms with Crippen molar-refractivity contribution < 1.29 is 13.2 Å². The van der Waals surface area contributed by atoms with E-state index in [9.17, 15) is 22.8 Å². The molecule has 0 atom stereocenters. The third-order valence-corrected chi connectivity index (χ3v) is 7.34. The van der Waals surface area contributed by atoms with Gasteiger partial charge in [0.25, 0.3) is 11.5 Å². The Kier molecular flexibility index (Phi) is 7.37. The third-order valence-electron chi connectivity index (χ3n) is 5.42. The lowest BCUT2D eigenvalue weighted by atomic mass is 10.0. The third kappa shape index (κ3) is 4.80. The Hall–Kier alpha value is -3.31. The van der Waals surface area contributed by atoms with Crippen molar-refractivity contribution in [3.63, 3.8) is 0 Å². The highest BCUT2D eigenvalue weighted by Crippen LogP contribution is 2.21. The maximum Gasteiger partial charge on any atom is 0.329 e. The zero-order chi connectivity index (χ0) is 25.2. The Balaban J connectivity index is 2.10. The van der Waals surface area contributed by atoms with Crippen LogP contribution in [0.1, 0.15) is 54.7 Å². The first-order chi connectivity index (χ1) is 16.0. The van der Waals surface area contributed by atoms with Crippen molar-refractivity contribution in [3.05, 3.63) is 68.0 Å². The Morgan fingerprint density at radius 3 is 2.50 bits per heavy atom. The fourth-order valence-corrected chi connectivity index (χ4v) is 4.68. The van der Waals surface area contributed by atoms with E-state index in [-0.39, 0.29) is 34.0 Å². The lowest BCUT2D eigenvalue weighted by Gasteiger charge is -2.16. The number of hydrogen-bond acceptors (Lipinski definition) is 6. The van der Waals surface area contributed by atoms with Crippen molar-refractivity contribution in [2.24, 2.45) is 0 Å². The van der Waals surface area contributed by atoms with Crippen LogP contribution in [0.5, 0.6) is 0 Å². The number of amides is 1. The van der Waals surface area contributed by atoms with Gasteiger partial charge >= 0.3 is 5.69 Å². The van der Waals surface area contributed by atoms with Gasteiger partial charge in [-0.2, -0.15) is 0 Å². The minimum atomic E-state index is -3.72. The van der Waals surface area contributed by atoms with Gasteiger partial charge in [-0.3, -0.25) is 19.1 Å². The van der Waals surface area contributed by atoms with Gasteiger partial charge in [-0.25, -0.2) is 22.5 Å². The second kappa shape index (κ2) is 9.90. The summed E-state index contributed by atoms with van der Waals surface area (Å²) < 4.78 is 27.8. The molecular formula is C23H29N5O5S. The highest BCUT2D eigenvalue weighted by Gasteiger charge is 2.23. The predicted octanol–water partition coefficient (Wildman–Crippen LogP) is 1.80. The maximum atomic E-state index is 13.3. The van der Waals surface area contributed by atoms with E-state index in [0.29, 0.717) is 24.2 Å². The number of aromatic nitrogens is 3. The quantitative estimate of drug-likeness (QED) is 0.498. The molecule has 1 aromatic carbocycles. The molecule has 11 heteroatoms. The average molecular weight is 488 g/mol. The summed E-state index contributed by atoms with van der Waals surface area (Å²) in [5, 5.41) is 2.75. The number of nitrogens with zero attached hydrogens (tertiary/aromatic N) is 3. The van der Waals surface area contributed by atoms with Crippen LogP contribution in [0.4, 0.5) is 0 Å². The molecule has 0 unspecified atom stereocenters. The number of carbonyl (C=O) groups excluding carboxylic acids is 1. The van der Waals surface area contributed by atoms with Crippen LogP contribution in [0.15, 0.2) is 44.8 Å². The van der Waals surface area contributed by atoms with Crippen LogP contribution >= 0.6 is 0 Å². The second-order valence-electron chi connectivity index (χ2n) is 8.44. The molecule has 3 aromatic rings. The number of H-pyrrole nitrogens is 1. The smallest absolute Gasteiger partial charge is 0.329 e. The topological polar surface area (TPSA) is 134 Å². The molecule has 0 radical (unpaired) electrons. The molecule has 3 rings (SSSR count). The summed E-state index contributed by atoms with van der Waals surface area (Å²) in [5.41, 5.74) is -0.0833. The molecule has 0 saturated heterocycles. The van der Waals surface area contributed by atoms with Crippen molar-refractivity contribution in [2.75, 3.05) is 14.1 Å². The minimum Gasteiger partial charge on any atom is -0.348 e. The SMILES string of the molecule is CCCn1c(=O)[nH]c(=O)c2c(C(=O)NCc3ccccc3S(=O)(=O)N(C)C)cc(C(C)C)nc21. The van der Waals surface area contributed by atoms with E-state index in [1.165, 1.54) is 24.7 Å². The number of sulfonamides is 1. The molecule has 2 heterocycles. The van der Waals surface area contributed by atoms with Gasteiger partial charge in [0.05, 0.1) is 15.8 Å². The highest BCUT2D eigenvalue weighted by molar-refractivity contribution is 7.89. The van der Waals surface area contributed by atoms with E-state index >= 15 is 0 Å². The largest absolute Gasteiger partial charge is 0.348 e. The fraction of sp³-hybridized carbons (Fsp3) is 0.391. The monoisotopic (exact) mass is 487 g/mol. The lowest BCUT2D eigenvalue weighted by molar-refractivity contribution is 0.0952. The van der Waals surface area contributed by atoms with Crippen LogP contribution in [0.25, 0.3) is 11.0 Å². The van der Waals surface area contributed by atoms with Crippen LogP contribution in [-0.2, 0) is 23.1 Å². The van der Waals surface area contributed by atoms with Gasteiger partial charge in [0.15, 0.2) is 5.65 Å². The van der Waals surface area contributed by atoms with Crippen molar-refractivity contribution in [3.8, 4) is 0 Å². The van der Waals surface area contributed by atoms with Crippen LogP contribution < -0.4 is 16.6 Å². The van der Waals surface area contributed by atoms with Crippen LogP contribution in [0, 0.1) is 0 Å². The van der Waals surface area contributed by atoms with Gasteiger partial charge in [0.2, 0.25) is 10.0 Å². The molecule has 0 saturated carbocycles. The summed E-state index contributed by atoms with van der Waals surface area (Å²) in [4.78, 5) is 45.3. The molecule has 34 heavy (non-hydrogen) atoms. The lowest BCUT2D eigenvalue weighted by Crippen LogP contribution is -2.33. The summed E-state index contributed by atoms with van der Waals surface area (Å²) >= 11 is 0. The standard InChI is InChI=1S/C23H29N5O5S/c1-6-11-28-20-19(22(30)26-23(28)31)16(12-17(25-20)14(2)3)21(29)24-13-15-9-7-8-10-18(15)34(32,33)27(4)5/h7-10,12,14H,6,11,13H2,1-5H3,(H,24,29)(H,26,30,31). The summed E-state index contributed by atoms with van der Waals surface area (Å²) in [6.07, 6.45) is 0.632. The van der Waals surface area contributed by atoms with Crippen molar-refractivity contribution in [1.82, 2.24) is 24.2 Å². The molecule has 2 aromatic heterocycles. The first-order valence-electron chi connectivity index (χ1n) is 10.9. The van der Waals surface area contributed by atoms with E-state index in [2.05, 4.69) is 15.3 Å². The predicted molar refractivity (Wildman–Crippen MR) is 129 cm³/mol. The first kappa shape index (κ1) is 25.3. The number of nitrogens with one attached hydrogen (secondary N) is 2. The zero-order valence-corrected chi connectivity index (χ0v) is 20.7. The van der Waals surface area contributed by atoms with Crippen LogP contribution in [0.2, 0.25) is 0 Å². The fourth-order valence-electron chi connectivity index (χ4n) is 3.57. The number of aryl methyl sites for hydroxylation is 1. The number of pyridine rings is 1. The Bertz CT molecular complexity index is 1450. The van der Waals surface area contributed by atoms with E-state index in [1.54, 1.807) is 24.3 Å². The van der Waals surface area contributed by atoms with Gasteiger partial charge in [0, 0.05) is 32.9 Å². The molecule has 0 aliphatic heterocycles. The number of aromatic amines is 1. The molecule has 0 aliphatic carbocycles. The molecule has 1 amide bonds.